The number of thiazole rings is 1. The zero-order valence-electron chi connectivity index (χ0n) is 12.0. The molecule has 0 radical (unpaired) electrons. The molecule has 0 aliphatic heterocycles. The molecule has 1 aromatic heterocycles. The Balaban J connectivity index is 1.65. The Morgan fingerprint density at radius 2 is 1.59 bits per heavy atom. The van der Waals surface area contributed by atoms with E-state index in [4.69, 9.17) is 12.2 Å². The van der Waals surface area contributed by atoms with Crippen LogP contribution < -0.4 is 10.6 Å². The van der Waals surface area contributed by atoms with Crippen LogP contribution >= 0.6 is 23.6 Å². The van der Waals surface area contributed by atoms with Crippen molar-refractivity contribution in [3.05, 3.63) is 65.0 Å². The molecule has 110 valence electrons. The van der Waals surface area contributed by atoms with Crippen molar-refractivity contribution in [2.45, 2.75) is 6.92 Å². The predicted molar refractivity (Wildman–Crippen MR) is 98.6 cm³/mol. The van der Waals surface area contributed by atoms with E-state index >= 15 is 0 Å². The third-order valence-corrected chi connectivity index (χ3v) is 4.07. The minimum absolute atomic E-state index is 0.573. The van der Waals surface area contributed by atoms with Gasteiger partial charge in [-0.05, 0) is 43.4 Å². The van der Waals surface area contributed by atoms with Gasteiger partial charge in [0.15, 0.2) is 5.11 Å². The summed E-state index contributed by atoms with van der Waals surface area (Å²) in [6.45, 7) is 2.01. The maximum Gasteiger partial charge on any atom is 0.175 e. The molecule has 1 heterocycles. The van der Waals surface area contributed by atoms with E-state index in [9.17, 15) is 0 Å². The second-order valence-corrected chi connectivity index (χ2v) is 6.24. The largest absolute Gasteiger partial charge is 0.332 e. The maximum atomic E-state index is 5.31. The monoisotopic (exact) mass is 325 g/mol. The molecule has 0 unspecified atom stereocenters. The summed E-state index contributed by atoms with van der Waals surface area (Å²) in [6, 6.07) is 17.9. The van der Waals surface area contributed by atoms with Crippen LogP contribution in [0.1, 0.15) is 5.01 Å². The number of para-hydroxylation sites is 1. The molecular formula is C17H15N3S2. The van der Waals surface area contributed by atoms with Crippen LogP contribution in [-0.4, -0.2) is 10.1 Å². The van der Waals surface area contributed by atoms with Gasteiger partial charge in [0.1, 0.15) is 0 Å². The molecule has 0 fully saturated rings. The van der Waals surface area contributed by atoms with E-state index in [-0.39, 0.29) is 0 Å². The van der Waals surface area contributed by atoms with E-state index in [0.717, 1.165) is 27.6 Å². The Morgan fingerprint density at radius 1 is 0.955 bits per heavy atom. The third kappa shape index (κ3) is 3.69. The van der Waals surface area contributed by atoms with Crippen molar-refractivity contribution < 1.29 is 0 Å². The van der Waals surface area contributed by atoms with E-state index in [1.54, 1.807) is 11.3 Å². The summed E-state index contributed by atoms with van der Waals surface area (Å²) in [6.07, 6.45) is 0. The number of nitrogens with zero attached hydrogens (tertiary/aromatic N) is 1. The number of aryl methyl sites for hydroxylation is 1. The quantitative estimate of drug-likeness (QED) is 0.670. The number of benzene rings is 2. The van der Waals surface area contributed by atoms with Gasteiger partial charge in [-0.2, -0.15) is 0 Å². The highest BCUT2D eigenvalue weighted by Crippen LogP contribution is 2.23. The van der Waals surface area contributed by atoms with Crippen LogP contribution in [0.3, 0.4) is 0 Å². The minimum Gasteiger partial charge on any atom is -0.332 e. The number of anilines is 2. The van der Waals surface area contributed by atoms with Gasteiger partial charge < -0.3 is 10.6 Å². The van der Waals surface area contributed by atoms with Crippen LogP contribution in [0.4, 0.5) is 11.4 Å². The number of thiocarbonyl (C=S) groups is 1. The number of aromatic nitrogens is 1. The average molecular weight is 325 g/mol. The summed E-state index contributed by atoms with van der Waals surface area (Å²) in [5.74, 6) is 0. The molecule has 0 atom stereocenters. The van der Waals surface area contributed by atoms with Crippen molar-refractivity contribution >= 4 is 40.0 Å². The minimum atomic E-state index is 0.573. The summed E-state index contributed by atoms with van der Waals surface area (Å²) in [7, 11) is 0. The first kappa shape index (κ1) is 14.7. The summed E-state index contributed by atoms with van der Waals surface area (Å²) < 4.78 is 0. The Bertz CT molecular complexity index is 764. The zero-order chi connectivity index (χ0) is 15.4. The lowest BCUT2D eigenvalue weighted by Gasteiger charge is -2.10. The molecule has 0 saturated carbocycles. The van der Waals surface area contributed by atoms with Crippen LogP contribution in [0.25, 0.3) is 11.3 Å². The summed E-state index contributed by atoms with van der Waals surface area (Å²) in [5, 5.41) is 10.0. The molecule has 3 nitrogen and oxygen atoms in total. The van der Waals surface area contributed by atoms with E-state index < -0.39 is 0 Å². The molecule has 3 rings (SSSR count). The first-order valence-electron chi connectivity index (χ1n) is 6.86. The topological polar surface area (TPSA) is 37.0 Å². The van der Waals surface area contributed by atoms with Crippen LogP contribution in [0.5, 0.6) is 0 Å². The average Bonchev–Trinajstić information content (AvgIpc) is 2.95. The van der Waals surface area contributed by atoms with E-state index in [0.29, 0.717) is 5.11 Å². The molecule has 0 saturated heterocycles. The number of rotatable bonds is 3. The van der Waals surface area contributed by atoms with Crippen LogP contribution in [0, 0.1) is 6.92 Å². The fourth-order valence-corrected chi connectivity index (χ4v) is 2.89. The molecule has 3 aromatic rings. The molecule has 2 N–H and O–H groups in total. The van der Waals surface area contributed by atoms with Crippen molar-refractivity contribution in [1.29, 1.82) is 0 Å². The summed E-state index contributed by atoms with van der Waals surface area (Å²) in [4.78, 5) is 4.49. The van der Waals surface area contributed by atoms with Gasteiger partial charge in [0.05, 0.1) is 10.7 Å². The molecule has 2 aromatic carbocycles. The number of hydrogen-bond donors (Lipinski definition) is 2. The fourth-order valence-electron chi connectivity index (χ4n) is 2.04. The number of hydrogen-bond acceptors (Lipinski definition) is 3. The van der Waals surface area contributed by atoms with Gasteiger partial charge in [-0.3, -0.25) is 0 Å². The maximum absolute atomic E-state index is 5.31. The van der Waals surface area contributed by atoms with Crippen molar-refractivity contribution in [2.75, 3.05) is 10.6 Å². The van der Waals surface area contributed by atoms with Gasteiger partial charge in [0.25, 0.3) is 0 Å². The lowest BCUT2D eigenvalue weighted by Crippen LogP contribution is -2.18. The highest BCUT2D eigenvalue weighted by atomic mass is 32.1. The van der Waals surface area contributed by atoms with Crippen LogP contribution in [-0.2, 0) is 0 Å². The Morgan fingerprint density at radius 3 is 2.18 bits per heavy atom. The Hall–Kier alpha value is -2.24. The second-order valence-electron chi connectivity index (χ2n) is 4.77. The normalized spacial score (nSPS) is 10.2. The molecule has 22 heavy (non-hydrogen) atoms. The predicted octanol–water partition coefficient (Wildman–Crippen LogP) is 4.93. The molecular weight excluding hydrogens is 310 g/mol. The zero-order valence-corrected chi connectivity index (χ0v) is 13.7. The van der Waals surface area contributed by atoms with Gasteiger partial charge in [-0.25, -0.2) is 4.98 Å². The van der Waals surface area contributed by atoms with Crippen molar-refractivity contribution in [3.63, 3.8) is 0 Å². The Labute approximate surface area is 139 Å². The molecule has 0 spiro atoms. The molecule has 0 aliphatic carbocycles. The van der Waals surface area contributed by atoms with Crippen LogP contribution in [0.2, 0.25) is 0 Å². The summed E-state index contributed by atoms with van der Waals surface area (Å²) >= 11 is 6.97. The smallest absolute Gasteiger partial charge is 0.175 e. The van der Waals surface area contributed by atoms with Gasteiger partial charge in [0, 0.05) is 22.3 Å². The van der Waals surface area contributed by atoms with Crippen molar-refractivity contribution in [2.24, 2.45) is 0 Å². The first-order valence-corrected chi connectivity index (χ1v) is 8.15. The third-order valence-electron chi connectivity index (χ3n) is 3.09. The van der Waals surface area contributed by atoms with Crippen LogP contribution in [0.15, 0.2) is 60.0 Å². The summed E-state index contributed by atoms with van der Waals surface area (Å²) in [5.41, 5.74) is 4.04. The van der Waals surface area contributed by atoms with E-state index in [2.05, 4.69) is 21.0 Å². The fraction of sp³-hybridized carbons (Fsp3) is 0.0588. The van der Waals surface area contributed by atoms with Gasteiger partial charge in [-0.15, -0.1) is 11.3 Å². The molecule has 0 aliphatic rings. The SMILES string of the molecule is Cc1nc(-c2ccc(NC(=S)Nc3ccccc3)cc2)cs1. The van der Waals surface area contributed by atoms with Gasteiger partial charge >= 0.3 is 0 Å². The van der Waals surface area contributed by atoms with Crippen molar-refractivity contribution in [3.8, 4) is 11.3 Å². The highest BCUT2D eigenvalue weighted by Gasteiger charge is 2.03. The first-order chi connectivity index (χ1) is 10.7. The second kappa shape index (κ2) is 6.68. The van der Waals surface area contributed by atoms with E-state index in [1.165, 1.54) is 0 Å². The molecule has 0 amide bonds. The number of nitrogens with one attached hydrogen (secondary N) is 2. The standard InChI is InChI=1S/C17H15N3S2/c1-12-18-16(11-22-12)13-7-9-15(10-8-13)20-17(21)19-14-5-3-2-4-6-14/h2-11H,1H3,(H2,19,20,21). The Kier molecular flexibility index (Phi) is 4.46. The van der Waals surface area contributed by atoms with E-state index in [1.807, 2.05) is 61.5 Å². The van der Waals surface area contributed by atoms with Gasteiger partial charge in [0.2, 0.25) is 0 Å². The molecule has 0 bridgehead atoms. The van der Waals surface area contributed by atoms with Gasteiger partial charge in [-0.1, -0.05) is 30.3 Å². The highest BCUT2D eigenvalue weighted by molar-refractivity contribution is 7.80. The lowest BCUT2D eigenvalue weighted by atomic mass is 10.1. The van der Waals surface area contributed by atoms with Crippen molar-refractivity contribution in [1.82, 2.24) is 4.98 Å². The lowest BCUT2D eigenvalue weighted by molar-refractivity contribution is 1.30. The molecule has 5 heteroatoms.